The fourth-order valence-corrected chi connectivity index (χ4v) is 2.56. The van der Waals surface area contributed by atoms with Gasteiger partial charge in [0.15, 0.2) is 0 Å². The second kappa shape index (κ2) is 4.85. The number of amides is 2. The Kier molecular flexibility index (Phi) is 3.94. The molecule has 0 aromatic carbocycles. The molecule has 4 nitrogen and oxygen atoms in total. The Labute approximate surface area is 97.2 Å². The Hall–Kier alpha value is -1.06. The minimum atomic E-state index is -0.712. The van der Waals surface area contributed by atoms with Crippen LogP contribution in [0.25, 0.3) is 0 Å². The third-order valence-corrected chi connectivity index (χ3v) is 3.37. The van der Waals surface area contributed by atoms with Crippen LogP contribution in [0.4, 0.5) is 0 Å². The van der Waals surface area contributed by atoms with Gasteiger partial charge < -0.3 is 10.6 Å². The smallest absolute Gasteiger partial charge is 0.243 e. The first-order chi connectivity index (χ1) is 7.45. The average molecular weight is 226 g/mol. The molecular formula is C12H22N2O2. The molecule has 0 aromatic heterocycles. The van der Waals surface area contributed by atoms with Gasteiger partial charge in [0.25, 0.3) is 0 Å². The number of hydrogen-bond donors (Lipinski definition) is 1. The number of rotatable bonds is 4. The predicted molar refractivity (Wildman–Crippen MR) is 62.6 cm³/mol. The largest absolute Gasteiger partial charge is 0.368 e. The maximum absolute atomic E-state index is 12.1. The molecule has 1 atom stereocenters. The summed E-state index contributed by atoms with van der Waals surface area (Å²) in [6.07, 6.45) is 3.14. The Morgan fingerprint density at radius 2 is 2.06 bits per heavy atom. The second-order valence-electron chi connectivity index (χ2n) is 4.89. The molecule has 1 aliphatic rings. The number of hydrogen-bond acceptors (Lipinski definition) is 2. The van der Waals surface area contributed by atoms with Crippen molar-refractivity contribution in [1.29, 1.82) is 0 Å². The highest BCUT2D eigenvalue weighted by atomic mass is 16.2. The van der Waals surface area contributed by atoms with Gasteiger partial charge in [-0.1, -0.05) is 27.2 Å². The Bertz CT molecular complexity index is 289. The summed E-state index contributed by atoms with van der Waals surface area (Å²) in [5, 5.41) is 0. The zero-order chi connectivity index (χ0) is 12.3. The molecule has 0 unspecified atom stereocenters. The van der Waals surface area contributed by atoms with Crippen LogP contribution in [0, 0.1) is 5.92 Å². The summed E-state index contributed by atoms with van der Waals surface area (Å²) < 4.78 is 0. The molecule has 92 valence electrons. The SMILES string of the molecule is CCC[C@]1(C(N)=O)CCCN1C(=O)C(C)C. The Morgan fingerprint density at radius 3 is 2.50 bits per heavy atom. The lowest BCUT2D eigenvalue weighted by Gasteiger charge is -2.36. The molecule has 4 heteroatoms. The van der Waals surface area contributed by atoms with Gasteiger partial charge in [0, 0.05) is 12.5 Å². The predicted octanol–water partition coefficient (Wildman–Crippen LogP) is 1.29. The number of carbonyl (C=O) groups is 2. The summed E-state index contributed by atoms with van der Waals surface area (Å²) in [7, 11) is 0. The van der Waals surface area contributed by atoms with Crippen molar-refractivity contribution in [2.45, 2.75) is 52.0 Å². The molecule has 16 heavy (non-hydrogen) atoms. The lowest BCUT2D eigenvalue weighted by Crippen LogP contribution is -2.56. The van der Waals surface area contributed by atoms with Crippen molar-refractivity contribution in [3.8, 4) is 0 Å². The molecule has 0 aliphatic carbocycles. The van der Waals surface area contributed by atoms with E-state index in [-0.39, 0.29) is 17.7 Å². The van der Waals surface area contributed by atoms with E-state index in [1.54, 1.807) is 4.90 Å². The molecule has 0 spiro atoms. The first-order valence-electron chi connectivity index (χ1n) is 6.07. The third-order valence-electron chi connectivity index (χ3n) is 3.37. The second-order valence-corrected chi connectivity index (χ2v) is 4.89. The highest BCUT2D eigenvalue weighted by Crippen LogP contribution is 2.34. The third kappa shape index (κ3) is 2.06. The first-order valence-corrected chi connectivity index (χ1v) is 6.07. The van der Waals surface area contributed by atoms with Crippen LogP contribution in [0.1, 0.15) is 46.5 Å². The maximum Gasteiger partial charge on any atom is 0.243 e. The molecule has 1 heterocycles. The van der Waals surface area contributed by atoms with Crippen molar-refractivity contribution in [2.75, 3.05) is 6.54 Å². The zero-order valence-corrected chi connectivity index (χ0v) is 10.5. The topological polar surface area (TPSA) is 63.4 Å². The summed E-state index contributed by atoms with van der Waals surface area (Å²) in [5.41, 5.74) is 4.80. The van der Waals surface area contributed by atoms with Gasteiger partial charge in [-0.15, -0.1) is 0 Å². The van der Waals surface area contributed by atoms with Gasteiger partial charge in [-0.3, -0.25) is 9.59 Å². The summed E-state index contributed by atoms with van der Waals surface area (Å²) in [5.74, 6) is -0.376. The lowest BCUT2D eigenvalue weighted by atomic mass is 9.89. The molecule has 1 saturated heterocycles. The van der Waals surface area contributed by atoms with Crippen molar-refractivity contribution in [1.82, 2.24) is 4.90 Å². The van der Waals surface area contributed by atoms with Crippen molar-refractivity contribution in [3.63, 3.8) is 0 Å². The van der Waals surface area contributed by atoms with Crippen LogP contribution >= 0.6 is 0 Å². The molecule has 1 aliphatic heterocycles. The van der Waals surface area contributed by atoms with Gasteiger partial charge in [-0.2, -0.15) is 0 Å². The Balaban J connectivity index is 2.98. The fourth-order valence-electron chi connectivity index (χ4n) is 2.56. The van der Waals surface area contributed by atoms with E-state index in [1.807, 2.05) is 20.8 Å². The lowest BCUT2D eigenvalue weighted by molar-refractivity contribution is -0.146. The van der Waals surface area contributed by atoms with Gasteiger partial charge in [-0.05, 0) is 19.3 Å². The number of nitrogens with two attached hydrogens (primary N) is 1. The van der Waals surface area contributed by atoms with E-state index >= 15 is 0 Å². The molecule has 1 rings (SSSR count). The van der Waals surface area contributed by atoms with Crippen LogP contribution in [0.15, 0.2) is 0 Å². The van der Waals surface area contributed by atoms with Crippen LogP contribution in [0.2, 0.25) is 0 Å². The molecular weight excluding hydrogens is 204 g/mol. The van der Waals surface area contributed by atoms with Crippen molar-refractivity contribution < 1.29 is 9.59 Å². The molecule has 2 N–H and O–H groups in total. The fraction of sp³-hybridized carbons (Fsp3) is 0.833. The van der Waals surface area contributed by atoms with Crippen LogP contribution in [-0.2, 0) is 9.59 Å². The molecule has 0 aromatic rings. The molecule has 2 amide bonds. The van der Waals surface area contributed by atoms with E-state index in [0.717, 1.165) is 12.8 Å². The van der Waals surface area contributed by atoms with Crippen molar-refractivity contribution in [3.05, 3.63) is 0 Å². The number of primary amides is 1. The van der Waals surface area contributed by atoms with Gasteiger partial charge in [0.1, 0.15) is 5.54 Å². The van der Waals surface area contributed by atoms with E-state index in [0.29, 0.717) is 19.4 Å². The highest BCUT2D eigenvalue weighted by Gasteiger charge is 2.47. The zero-order valence-electron chi connectivity index (χ0n) is 10.5. The van der Waals surface area contributed by atoms with Crippen LogP contribution in [0.3, 0.4) is 0 Å². The molecule has 0 bridgehead atoms. The van der Waals surface area contributed by atoms with Crippen molar-refractivity contribution >= 4 is 11.8 Å². The minimum Gasteiger partial charge on any atom is -0.368 e. The molecule has 1 fully saturated rings. The van der Waals surface area contributed by atoms with E-state index < -0.39 is 5.54 Å². The number of likely N-dealkylation sites (tertiary alicyclic amines) is 1. The summed E-state index contributed by atoms with van der Waals surface area (Å²) in [4.78, 5) is 25.4. The average Bonchev–Trinajstić information content (AvgIpc) is 2.62. The van der Waals surface area contributed by atoms with Crippen LogP contribution < -0.4 is 5.73 Å². The summed E-state index contributed by atoms with van der Waals surface area (Å²) in [6, 6.07) is 0. The quantitative estimate of drug-likeness (QED) is 0.785. The van der Waals surface area contributed by atoms with E-state index in [9.17, 15) is 9.59 Å². The van der Waals surface area contributed by atoms with E-state index in [4.69, 9.17) is 5.73 Å². The molecule has 0 saturated carbocycles. The monoisotopic (exact) mass is 226 g/mol. The van der Waals surface area contributed by atoms with Gasteiger partial charge in [-0.25, -0.2) is 0 Å². The number of nitrogens with zero attached hydrogens (tertiary/aromatic N) is 1. The first kappa shape index (κ1) is 13.0. The summed E-state index contributed by atoms with van der Waals surface area (Å²) >= 11 is 0. The normalized spacial score (nSPS) is 25.1. The van der Waals surface area contributed by atoms with Crippen LogP contribution in [0.5, 0.6) is 0 Å². The van der Waals surface area contributed by atoms with Gasteiger partial charge in [0.2, 0.25) is 11.8 Å². The van der Waals surface area contributed by atoms with Crippen molar-refractivity contribution in [2.24, 2.45) is 11.7 Å². The van der Waals surface area contributed by atoms with Crippen LogP contribution in [-0.4, -0.2) is 28.8 Å². The summed E-state index contributed by atoms with van der Waals surface area (Å²) in [6.45, 7) is 6.40. The maximum atomic E-state index is 12.1. The number of carbonyl (C=O) groups excluding carboxylic acids is 2. The van der Waals surface area contributed by atoms with E-state index in [2.05, 4.69) is 0 Å². The van der Waals surface area contributed by atoms with E-state index in [1.165, 1.54) is 0 Å². The van der Waals surface area contributed by atoms with Gasteiger partial charge >= 0.3 is 0 Å². The molecule has 0 radical (unpaired) electrons. The minimum absolute atomic E-state index is 0.0461. The highest BCUT2D eigenvalue weighted by molar-refractivity contribution is 5.91. The standard InChI is InChI=1S/C12H22N2O2/c1-4-6-12(11(13)16)7-5-8-14(12)10(15)9(2)3/h9H,4-8H2,1-3H3,(H2,13,16)/t12-/m1/s1. The van der Waals surface area contributed by atoms with Gasteiger partial charge in [0.05, 0.1) is 0 Å². The Morgan fingerprint density at radius 1 is 1.44 bits per heavy atom.